The molecule has 0 saturated heterocycles. The molecule has 0 radical (unpaired) electrons. The molecule has 0 fully saturated rings. The Morgan fingerprint density at radius 3 is 1.50 bits per heavy atom. The molecule has 0 bridgehead atoms. The van der Waals surface area contributed by atoms with Crippen molar-refractivity contribution >= 4 is 28.4 Å². The van der Waals surface area contributed by atoms with Crippen LogP contribution in [0.5, 0.6) is 0 Å². The predicted octanol–water partition coefficient (Wildman–Crippen LogP) is 4.12. The molecule has 0 heterocycles. The van der Waals surface area contributed by atoms with Crippen molar-refractivity contribution < 1.29 is 0 Å². The molecule has 0 aromatic heterocycles. The first kappa shape index (κ1) is 21.5. The molecule has 0 aliphatic rings. The second-order valence-electron chi connectivity index (χ2n) is 6.21. The van der Waals surface area contributed by atoms with Crippen LogP contribution in [0.15, 0.2) is 36.4 Å². The van der Waals surface area contributed by atoms with Gasteiger partial charge in [-0.05, 0) is 76.6 Å². The van der Waals surface area contributed by atoms with Crippen LogP contribution in [0, 0.1) is 6.92 Å². The lowest BCUT2D eigenvalue weighted by atomic mass is 10.1. The minimum absolute atomic E-state index is 0.716. The maximum absolute atomic E-state index is 5.85. The summed E-state index contributed by atoms with van der Waals surface area (Å²) in [6.45, 7) is 14.7. The van der Waals surface area contributed by atoms with E-state index in [-0.39, 0.29) is 0 Å². The first-order valence-corrected chi connectivity index (χ1v) is 9.38. The zero-order valence-electron chi connectivity index (χ0n) is 16.9. The largest absolute Gasteiger partial charge is 0.399 e. The minimum atomic E-state index is 0.716. The van der Waals surface area contributed by atoms with Gasteiger partial charge in [0, 0.05) is 43.2 Å². The maximum atomic E-state index is 5.85. The summed E-state index contributed by atoms with van der Waals surface area (Å²) in [4.78, 5) is 4.53. The van der Waals surface area contributed by atoms with Gasteiger partial charge in [-0.3, -0.25) is 0 Å². The van der Waals surface area contributed by atoms with E-state index in [4.69, 9.17) is 17.2 Å². The molecule has 0 amide bonds. The van der Waals surface area contributed by atoms with Crippen molar-refractivity contribution in [2.45, 2.75) is 34.6 Å². The summed E-state index contributed by atoms with van der Waals surface area (Å²) >= 11 is 0. The predicted molar refractivity (Wildman–Crippen MR) is 118 cm³/mol. The quantitative estimate of drug-likeness (QED) is 0.677. The van der Waals surface area contributed by atoms with Gasteiger partial charge < -0.3 is 27.0 Å². The fourth-order valence-electron chi connectivity index (χ4n) is 3.02. The van der Waals surface area contributed by atoms with Crippen molar-refractivity contribution in [1.29, 1.82) is 0 Å². The van der Waals surface area contributed by atoms with Gasteiger partial charge in [-0.15, -0.1) is 0 Å². The van der Waals surface area contributed by atoms with E-state index in [1.54, 1.807) is 6.07 Å². The fraction of sp³-hybridized carbons (Fsp3) is 0.429. The summed E-state index contributed by atoms with van der Waals surface area (Å²) in [7, 11) is 0. The summed E-state index contributed by atoms with van der Waals surface area (Å²) in [5, 5.41) is 0. The first-order valence-electron chi connectivity index (χ1n) is 9.38. The Bertz CT molecular complexity index is 617. The van der Waals surface area contributed by atoms with Gasteiger partial charge in [0.25, 0.3) is 0 Å². The second kappa shape index (κ2) is 10.4. The summed E-state index contributed by atoms with van der Waals surface area (Å²) in [5.74, 6) is 0. The Morgan fingerprint density at radius 2 is 1.08 bits per heavy atom. The van der Waals surface area contributed by atoms with Gasteiger partial charge in [0.05, 0.1) is 11.4 Å². The van der Waals surface area contributed by atoms with Crippen LogP contribution >= 0.6 is 0 Å². The van der Waals surface area contributed by atoms with Crippen LogP contribution in [0.1, 0.15) is 33.3 Å². The van der Waals surface area contributed by atoms with E-state index in [1.165, 1.54) is 11.3 Å². The molecule has 2 aromatic carbocycles. The van der Waals surface area contributed by atoms with E-state index in [0.717, 1.165) is 43.2 Å². The molecule has 26 heavy (non-hydrogen) atoms. The Morgan fingerprint density at radius 1 is 0.654 bits per heavy atom. The number of aryl methyl sites for hydroxylation is 1. The zero-order chi connectivity index (χ0) is 19.7. The molecule has 0 aliphatic carbocycles. The summed E-state index contributed by atoms with van der Waals surface area (Å²) in [6.07, 6.45) is 0. The fourth-order valence-corrected chi connectivity index (χ4v) is 3.02. The average molecular weight is 358 g/mol. The average Bonchev–Trinajstić information content (AvgIpc) is 2.61. The minimum Gasteiger partial charge on any atom is -0.399 e. The Kier molecular flexibility index (Phi) is 8.62. The van der Waals surface area contributed by atoms with Gasteiger partial charge in [-0.1, -0.05) is 0 Å². The molecule has 144 valence electrons. The van der Waals surface area contributed by atoms with Crippen LogP contribution in [-0.4, -0.2) is 26.2 Å². The Labute approximate surface area is 158 Å². The topological polar surface area (TPSA) is 84.5 Å². The van der Waals surface area contributed by atoms with Gasteiger partial charge in [-0.25, -0.2) is 0 Å². The van der Waals surface area contributed by atoms with Crippen LogP contribution in [-0.2, 0) is 0 Å². The molecule has 0 unspecified atom stereocenters. The van der Waals surface area contributed by atoms with Crippen molar-refractivity contribution in [2.24, 2.45) is 0 Å². The number of nitrogens with two attached hydrogens (primary N) is 3. The van der Waals surface area contributed by atoms with Crippen LogP contribution < -0.4 is 27.0 Å². The van der Waals surface area contributed by atoms with Crippen molar-refractivity contribution in [2.75, 3.05) is 53.2 Å². The summed E-state index contributed by atoms with van der Waals surface area (Å²) in [5.41, 5.74) is 23.1. The second-order valence-corrected chi connectivity index (χ2v) is 6.21. The number of hydrogen-bond donors (Lipinski definition) is 3. The number of nitrogen functional groups attached to an aromatic ring is 3. The molecule has 0 spiro atoms. The van der Waals surface area contributed by atoms with Crippen molar-refractivity contribution in [3.63, 3.8) is 0 Å². The highest BCUT2D eigenvalue weighted by molar-refractivity contribution is 5.71. The molecular weight excluding hydrogens is 322 g/mol. The van der Waals surface area contributed by atoms with Gasteiger partial charge in [0.15, 0.2) is 0 Å². The lowest BCUT2D eigenvalue weighted by Gasteiger charge is -2.23. The molecule has 0 aliphatic heterocycles. The van der Waals surface area contributed by atoms with E-state index >= 15 is 0 Å². The number of nitrogens with zero attached hydrogens (tertiary/aromatic N) is 2. The van der Waals surface area contributed by atoms with Crippen LogP contribution in [0.2, 0.25) is 0 Å². The lowest BCUT2D eigenvalue weighted by molar-refractivity contribution is 0.862. The van der Waals surface area contributed by atoms with Crippen molar-refractivity contribution in [3.05, 3.63) is 42.0 Å². The molecule has 5 nitrogen and oxygen atoms in total. The van der Waals surface area contributed by atoms with E-state index < -0.39 is 0 Å². The Balaban J connectivity index is 0.000000260. The van der Waals surface area contributed by atoms with E-state index in [9.17, 15) is 0 Å². The van der Waals surface area contributed by atoms with Crippen LogP contribution in [0.4, 0.5) is 28.4 Å². The highest BCUT2D eigenvalue weighted by Crippen LogP contribution is 2.25. The molecule has 2 aromatic rings. The zero-order valence-corrected chi connectivity index (χ0v) is 16.9. The Hall–Kier alpha value is -2.56. The summed E-state index contributed by atoms with van der Waals surface area (Å²) < 4.78 is 0. The van der Waals surface area contributed by atoms with Crippen LogP contribution in [0.25, 0.3) is 0 Å². The molecule has 0 atom stereocenters. The number of hydrogen-bond acceptors (Lipinski definition) is 5. The highest BCUT2D eigenvalue weighted by atomic mass is 15.1. The van der Waals surface area contributed by atoms with Gasteiger partial charge in [0.2, 0.25) is 0 Å². The smallest absolute Gasteiger partial charge is 0.0601 e. The highest BCUT2D eigenvalue weighted by Gasteiger charge is 2.05. The van der Waals surface area contributed by atoms with Crippen molar-refractivity contribution in [1.82, 2.24) is 0 Å². The lowest BCUT2D eigenvalue weighted by Crippen LogP contribution is -2.22. The van der Waals surface area contributed by atoms with Gasteiger partial charge in [0.1, 0.15) is 0 Å². The first-order chi connectivity index (χ1) is 12.4. The number of rotatable bonds is 6. The monoisotopic (exact) mass is 357 g/mol. The molecular formula is C21H35N5. The normalized spacial score (nSPS) is 10.0. The van der Waals surface area contributed by atoms with Crippen LogP contribution in [0.3, 0.4) is 0 Å². The molecule has 2 rings (SSSR count). The third-order valence-electron chi connectivity index (χ3n) is 4.48. The third kappa shape index (κ3) is 5.76. The standard InChI is InChI=1S/C11H18N2.C10H17N3/c1-4-13(5-2)11-7-6-10(12)8-9(11)3;1-3-13(4-2)10-6-5-8(11)7-9(10)12/h6-8H,4-5,12H2,1-3H3;5-7H,3-4,11-12H2,1-2H3. The van der Waals surface area contributed by atoms with E-state index in [2.05, 4.69) is 50.5 Å². The molecule has 0 saturated carbocycles. The molecule has 5 heteroatoms. The maximum Gasteiger partial charge on any atom is 0.0601 e. The van der Waals surface area contributed by atoms with Gasteiger partial charge >= 0.3 is 0 Å². The number of anilines is 5. The van der Waals surface area contributed by atoms with Crippen molar-refractivity contribution in [3.8, 4) is 0 Å². The molecule has 6 N–H and O–H groups in total. The number of benzene rings is 2. The van der Waals surface area contributed by atoms with E-state index in [1.807, 2.05) is 24.3 Å². The van der Waals surface area contributed by atoms with E-state index in [0.29, 0.717) is 5.69 Å². The van der Waals surface area contributed by atoms with Gasteiger partial charge in [-0.2, -0.15) is 0 Å². The third-order valence-corrected chi connectivity index (χ3v) is 4.48. The summed E-state index contributed by atoms with van der Waals surface area (Å²) in [6, 6.07) is 11.7. The SMILES string of the molecule is CCN(CC)c1ccc(N)cc1C.CCN(CC)c1ccc(N)cc1N.